The van der Waals surface area contributed by atoms with E-state index in [1.165, 1.54) is 12.1 Å². The van der Waals surface area contributed by atoms with Gasteiger partial charge in [-0.15, -0.1) is 0 Å². The van der Waals surface area contributed by atoms with E-state index in [0.717, 1.165) is 38.5 Å². The summed E-state index contributed by atoms with van der Waals surface area (Å²) in [4.78, 5) is 2.46. The maximum absolute atomic E-state index is 14.0. The van der Waals surface area contributed by atoms with E-state index in [1.807, 2.05) is 0 Å². The van der Waals surface area contributed by atoms with Crippen molar-refractivity contribution >= 4 is 0 Å². The van der Waals surface area contributed by atoms with Crippen molar-refractivity contribution in [1.82, 2.24) is 4.90 Å². The van der Waals surface area contributed by atoms with Gasteiger partial charge in [0.25, 0.3) is 0 Å². The maximum Gasteiger partial charge on any atom is 0.126 e. The topological polar surface area (TPSA) is 29.3 Å². The molecule has 1 fully saturated rings. The number of hydrogen-bond acceptors (Lipinski definition) is 2. The standard InChI is InChI=1S/C17H26F2N2/c1-12(2)11-21-7-5-13(6-8-21)16(10-20)15-9-14(18)3-4-17(15)19/h3-4,9,12-13,16H,5-8,10-11,20H2,1-2H3. The molecule has 1 aromatic rings. The van der Waals surface area contributed by atoms with E-state index in [9.17, 15) is 8.78 Å². The number of likely N-dealkylation sites (tertiary alicyclic amines) is 1. The van der Waals surface area contributed by atoms with Gasteiger partial charge < -0.3 is 10.6 Å². The molecule has 118 valence electrons. The molecule has 4 heteroatoms. The predicted molar refractivity (Wildman–Crippen MR) is 82.2 cm³/mol. The highest BCUT2D eigenvalue weighted by Crippen LogP contribution is 2.33. The fourth-order valence-corrected chi connectivity index (χ4v) is 3.43. The Morgan fingerprint density at radius 3 is 2.48 bits per heavy atom. The molecular formula is C17H26F2N2. The minimum Gasteiger partial charge on any atom is -0.330 e. The van der Waals surface area contributed by atoms with E-state index >= 15 is 0 Å². The first kappa shape index (κ1) is 16.4. The van der Waals surface area contributed by atoms with Crippen LogP contribution in [0.25, 0.3) is 0 Å². The van der Waals surface area contributed by atoms with E-state index in [2.05, 4.69) is 18.7 Å². The first-order chi connectivity index (χ1) is 10.0. The molecule has 2 N–H and O–H groups in total. The molecule has 1 saturated heterocycles. The minimum atomic E-state index is -0.387. The van der Waals surface area contributed by atoms with Crippen LogP contribution in [0.1, 0.15) is 38.2 Å². The lowest BCUT2D eigenvalue weighted by Crippen LogP contribution is -2.39. The van der Waals surface area contributed by atoms with Gasteiger partial charge in [-0.3, -0.25) is 0 Å². The van der Waals surface area contributed by atoms with E-state index in [4.69, 9.17) is 5.73 Å². The third kappa shape index (κ3) is 4.24. The maximum atomic E-state index is 14.0. The fraction of sp³-hybridized carbons (Fsp3) is 0.647. The SMILES string of the molecule is CC(C)CN1CCC(C(CN)c2cc(F)ccc2F)CC1. The zero-order chi connectivity index (χ0) is 15.4. The van der Waals surface area contributed by atoms with Crippen molar-refractivity contribution in [2.45, 2.75) is 32.6 Å². The molecule has 2 nitrogen and oxygen atoms in total. The Hall–Kier alpha value is -1.00. The molecule has 0 aliphatic carbocycles. The molecule has 1 heterocycles. The van der Waals surface area contributed by atoms with E-state index in [0.29, 0.717) is 23.9 Å². The largest absolute Gasteiger partial charge is 0.330 e. The van der Waals surface area contributed by atoms with Gasteiger partial charge in [-0.05, 0) is 68.1 Å². The van der Waals surface area contributed by atoms with Crippen LogP contribution in [0.3, 0.4) is 0 Å². The normalized spacial score (nSPS) is 19.1. The second-order valence-corrected chi connectivity index (χ2v) is 6.54. The molecule has 0 aromatic heterocycles. The quantitative estimate of drug-likeness (QED) is 0.902. The summed E-state index contributed by atoms with van der Waals surface area (Å²) >= 11 is 0. The molecule has 1 atom stereocenters. The lowest BCUT2D eigenvalue weighted by molar-refractivity contribution is 0.154. The van der Waals surface area contributed by atoms with Crippen molar-refractivity contribution in [3.63, 3.8) is 0 Å². The third-order valence-electron chi connectivity index (χ3n) is 4.44. The highest BCUT2D eigenvalue weighted by atomic mass is 19.1. The van der Waals surface area contributed by atoms with Crippen LogP contribution >= 0.6 is 0 Å². The highest BCUT2D eigenvalue weighted by molar-refractivity contribution is 5.24. The van der Waals surface area contributed by atoms with Gasteiger partial charge in [-0.25, -0.2) is 8.78 Å². The van der Waals surface area contributed by atoms with Crippen molar-refractivity contribution in [3.8, 4) is 0 Å². The summed E-state index contributed by atoms with van der Waals surface area (Å²) in [5, 5.41) is 0. The average Bonchev–Trinajstić information content (AvgIpc) is 2.44. The van der Waals surface area contributed by atoms with Gasteiger partial charge >= 0.3 is 0 Å². The molecule has 1 aliphatic heterocycles. The summed E-state index contributed by atoms with van der Waals surface area (Å²) in [5.74, 6) is 0.197. The number of hydrogen-bond donors (Lipinski definition) is 1. The fourth-order valence-electron chi connectivity index (χ4n) is 3.43. The number of halogens is 2. The first-order valence-corrected chi connectivity index (χ1v) is 7.88. The molecule has 21 heavy (non-hydrogen) atoms. The van der Waals surface area contributed by atoms with Gasteiger partial charge in [-0.1, -0.05) is 13.8 Å². The van der Waals surface area contributed by atoms with Crippen molar-refractivity contribution < 1.29 is 8.78 Å². The van der Waals surface area contributed by atoms with Crippen LogP contribution in [0, 0.1) is 23.5 Å². The van der Waals surface area contributed by atoms with E-state index in [-0.39, 0.29) is 17.6 Å². The predicted octanol–water partition coefficient (Wildman–Crippen LogP) is 3.38. The van der Waals surface area contributed by atoms with E-state index < -0.39 is 0 Å². The van der Waals surface area contributed by atoms with Gasteiger partial charge in [0.2, 0.25) is 0 Å². The first-order valence-electron chi connectivity index (χ1n) is 7.88. The zero-order valence-corrected chi connectivity index (χ0v) is 13.0. The van der Waals surface area contributed by atoms with Gasteiger partial charge in [0.1, 0.15) is 11.6 Å². The molecular weight excluding hydrogens is 270 g/mol. The zero-order valence-electron chi connectivity index (χ0n) is 13.0. The number of benzene rings is 1. The van der Waals surface area contributed by atoms with Gasteiger partial charge in [0, 0.05) is 12.5 Å². The number of rotatable bonds is 5. The van der Waals surface area contributed by atoms with Crippen molar-refractivity contribution in [2.75, 3.05) is 26.2 Å². The smallest absolute Gasteiger partial charge is 0.126 e. The van der Waals surface area contributed by atoms with Crippen LogP contribution in [-0.2, 0) is 0 Å². The Morgan fingerprint density at radius 2 is 1.90 bits per heavy atom. The summed E-state index contributed by atoms with van der Waals surface area (Å²) in [5.41, 5.74) is 6.31. The monoisotopic (exact) mass is 296 g/mol. The summed E-state index contributed by atoms with van der Waals surface area (Å²) in [6, 6.07) is 3.69. The van der Waals surface area contributed by atoms with Gasteiger partial charge in [0.15, 0.2) is 0 Å². The molecule has 2 rings (SSSR count). The Morgan fingerprint density at radius 1 is 1.24 bits per heavy atom. The summed E-state index contributed by atoms with van der Waals surface area (Å²) in [6.45, 7) is 7.96. The van der Waals surface area contributed by atoms with Crippen molar-refractivity contribution in [2.24, 2.45) is 17.6 Å². The Kier molecular flexibility index (Phi) is 5.71. The molecule has 0 spiro atoms. The molecule has 1 aromatic carbocycles. The highest BCUT2D eigenvalue weighted by Gasteiger charge is 2.28. The average molecular weight is 296 g/mol. The van der Waals surface area contributed by atoms with Crippen LogP contribution in [0.5, 0.6) is 0 Å². The summed E-state index contributed by atoms with van der Waals surface area (Å²) in [6.07, 6.45) is 2.01. The number of piperidine rings is 1. The van der Waals surface area contributed by atoms with Crippen LogP contribution in [-0.4, -0.2) is 31.1 Å². The molecule has 0 bridgehead atoms. The summed E-state index contributed by atoms with van der Waals surface area (Å²) < 4.78 is 27.4. The van der Waals surface area contributed by atoms with E-state index in [1.54, 1.807) is 0 Å². The lowest BCUT2D eigenvalue weighted by Gasteiger charge is -2.36. The second-order valence-electron chi connectivity index (χ2n) is 6.54. The Labute approximate surface area is 126 Å². The molecule has 0 saturated carbocycles. The second kappa shape index (κ2) is 7.32. The molecule has 1 unspecified atom stereocenters. The van der Waals surface area contributed by atoms with Crippen LogP contribution in [0.15, 0.2) is 18.2 Å². The summed E-state index contributed by atoms with van der Waals surface area (Å²) in [7, 11) is 0. The Balaban J connectivity index is 2.04. The molecule has 0 amide bonds. The van der Waals surface area contributed by atoms with Gasteiger partial charge in [-0.2, -0.15) is 0 Å². The van der Waals surface area contributed by atoms with Crippen LogP contribution in [0.2, 0.25) is 0 Å². The third-order valence-corrected chi connectivity index (χ3v) is 4.44. The van der Waals surface area contributed by atoms with Crippen LogP contribution in [0.4, 0.5) is 8.78 Å². The van der Waals surface area contributed by atoms with Crippen molar-refractivity contribution in [1.29, 1.82) is 0 Å². The van der Waals surface area contributed by atoms with Crippen molar-refractivity contribution in [3.05, 3.63) is 35.4 Å². The van der Waals surface area contributed by atoms with Gasteiger partial charge in [0.05, 0.1) is 0 Å². The number of nitrogens with two attached hydrogens (primary N) is 1. The minimum absolute atomic E-state index is 0.0816. The van der Waals surface area contributed by atoms with Crippen LogP contribution < -0.4 is 5.73 Å². The number of nitrogens with zero attached hydrogens (tertiary/aromatic N) is 1. The molecule has 1 aliphatic rings. The molecule has 0 radical (unpaired) electrons. The Bertz CT molecular complexity index is 454. The lowest BCUT2D eigenvalue weighted by atomic mass is 9.79.